The molecule has 0 unspecified atom stereocenters. The number of hydrogen-bond donors (Lipinski definition) is 1. The van der Waals surface area contributed by atoms with Crippen molar-refractivity contribution in [1.29, 1.82) is 0 Å². The van der Waals surface area contributed by atoms with Crippen LogP contribution in [0.2, 0.25) is 0 Å². The average molecular weight is 327 g/mol. The molecule has 126 valence electrons. The fourth-order valence-corrected chi connectivity index (χ4v) is 3.29. The van der Waals surface area contributed by atoms with E-state index in [0.29, 0.717) is 32.4 Å². The molecule has 1 fully saturated rings. The maximum absolute atomic E-state index is 12.9. The summed E-state index contributed by atoms with van der Waals surface area (Å²) in [5.74, 6) is -0.678. The van der Waals surface area contributed by atoms with Crippen LogP contribution >= 0.6 is 0 Å². The Labute approximate surface area is 140 Å². The van der Waals surface area contributed by atoms with Gasteiger partial charge in [-0.3, -0.25) is 9.59 Å². The second-order valence-corrected chi connectivity index (χ2v) is 6.30. The second kappa shape index (κ2) is 7.34. The van der Waals surface area contributed by atoms with Crippen molar-refractivity contribution in [3.05, 3.63) is 60.1 Å². The zero-order valence-electron chi connectivity index (χ0n) is 13.4. The lowest BCUT2D eigenvalue weighted by Crippen LogP contribution is -2.34. The number of carbonyl (C=O) groups excluding carboxylic acids is 1. The van der Waals surface area contributed by atoms with E-state index in [1.165, 1.54) is 0 Å². The van der Waals surface area contributed by atoms with Gasteiger partial charge in [-0.1, -0.05) is 30.3 Å². The molecule has 0 bridgehead atoms. The van der Waals surface area contributed by atoms with Crippen LogP contribution in [0.5, 0.6) is 0 Å². The van der Waals surface area contributed by atoms with Gasteiger partial charge in [-0.15, -0.1) is 0 Å². The molecule has 1 aliphatic rings. The third-order valence-corrected chi connectivity index (χ3v) is 4.59. The lowest BCUT2D eigenvalue weighted by Gasteiger charge is -2.25. The van der Waals surface area contributed by atoms with Crippen molar-refractivity contribution in [3.8, 4) is 0 Å². The molecule has 1 saturated carbocycles. The molecule has 1 N–H and O–H groups in total. The Morgan fingerprint density at radius 2 is 1.79 bits per heavy atom. The van der Waals surface area contributed by atoms with Crippen LogP contribution < -0.4 is 0 Å². The van der Waals surface area contributed by atoms with Crippen LogP contribution in [0.25, 0.3) is 0 Å². The molecule has 1 aliphatic carbocycles. The molecule has 1 heterocycles. The topological polar surface area (TPSA) is 70.8 Å². The van der Waals surface area contributed by atoms with E-state index in [0.717, 1.165) is 11.3 Å². The first-order valence-electron chi connectivity index (χ1n) is 8.21. The van der Waals surface area contributed by atoms with Crippen molar-refractivity contribution in [1.82, 2.24) is 4.90 Å². The monoisotopic (exact) mass is 327 g/mol. The first-order valence-corrected chi connectivity index (χ1v) is 8.21. The maximum atomic E-state index is 12.9. The summed E-state index contributed by atoms with van der Waals surface area (Å²) in [5, 5.41) is 9.15. The highest BCUT2D eigenvalue weighted by Gasteiger charge is 2.36. The lowest BCUT2D eigenvalue weighted by atomic mass is 10.0. The van der Waals surface area contributed by atoms with Crippen LogP contribution in [0.4, 0.5) is 0 Å². The number of rotatable bonds is 6. The Bertz CT molecular complexity index is 681. The van der Waals surface area contributed by atoms with Crippen LogP contribution in [-0.4, -0.2) is 21.9 Å². The lowest BCUT2D eigenvalue weighted by molar-refractivity contribution is -0.142. The van der Waals surface area contributed by atoms with Crippen molar-refractivity contribution in [3.63, 3.8) is 0 Å². The molecule has 0 spiro atoms. The largest absolute Gasteiger partial charge is 0.481 e. The Kier molecular flexibility index (Phi) is 4.99. The second-order valence-electron chi connectivity index (χ2n) is 6.30. The zero-order valence-corrected chi connectivity index (χ0v) is 13.4. The van der Waals surface area contributed by atoms with E-state index in [4.69, 9.17) is 9.52 Å². The Morgan fingerprint density at radius 1 is 1.04 bits per heavy atom. The number of aliphatic carboxylic acids is 1. The van der Waals surface area contributed by atoms with Gasteiger partial charge in [0.2, 0.25) is 5.91 Å². The van der Waals surface area contributed by atoms with Crippen molar-refractivity contribution < 1.29 is 19.1 Å². The number of hydrogen-bond acceptors (Lipinski definition) is 3. The molecule has 0 aliphatic heterocycles. The normalized spacial score (nSPS) is 20.0. The van der Waals surface area contributed by atoms with E-state index in [9.17, 15) is 9.59 Å². The molecular formula is C19H21NO4. The summed E-state index contributed by atoms with van der Waals surface area (Å²) < 4.78 is 5.39. The molecule has 1 aromatic heterocycles. The number of benzene rings is 1. The van der Waals surface area contributed by atoms with Crippen molar-refractivity contribution >= 4 is 11.9 Å². The highest BCUT2D eigenvalue weighted by molar-refractivity contribution is 5.81. The van der Waals surface area contributed by atoms with E-state index >= 15 is 0 Å². The Hall–Kier alpha value is -2.56. The van der Waals surface area contributed by atoms with Gasteiger partial charge in [0.1, 0.15) is 5.76 Å². The SMILES string of the molecule is O=C(O)[C@@H]1CC[C@H](C(=O)N(Cc2ccccc2)Cc2ccco2)C1. The molecule has 5 nitrogen and oxygen atoms in total. The molecule has 1 amide bonds. The van der Waals surface area contributed by atoms with Gasteiger partial charge in [-0.2, -0.15) is 0 Å². The highest BCUT2D eigenvalue weighted by atomic mass is 16.4. The zero-order chi connectivity index (χ0) is 16.9. The average Bonchev–Trinajstić information content (AvgIpc) is 3.26. The molecule has 24 heavy (non-hydrogen) atoms. The third kappa shape index (κ3) is 3.85. The van der Waals surface area contributed by atoms with Gasteiger partial charge in [0, 0.05) is 12.5 Å². The number of carboxylic acids is 1. The predicted octanol–water partition coefficient (Wildman–Crippen LogP) is 3.31. The van der Waals surface area contributed by atoms with E-state index in [-0.39, 0.29) is 11.8 Å². The van der Waals surface area contributed by atoms with Gasteiger partial charge < -0.3 is 14.4 Å². The number of amides is 1. The van der Waals surface area contributed by atoms with Gasteiger partial charge in [0.05, 0.1) is 18.7 Å². The molecule has 0 saturated heterocycles. The number of carboxylic acid groups (broad SMARTS) is 1. The summed E-state index contributed by atoms with van der Waals surface area (Å²) in [6.07, 6.45) is 3.24. The van der Waals surface area contributed by atoms with Gasteiger partial charge in [-0.25, -0.2) is 0 Å². The summed E-state index contributed by atoms with van der Waals surface area (Å²) >= 11 is 0. The summed E-state index contributed by atoms with van der Waals surface area (Å²) in [5.41, 5.74) is 1.05. The number of furan rings is 1. The first-order chi connectivity index (χ1) is 11.6. The summed E-state index contributed by atoms with van der Waals surface area (Å²) in [7, 11) is 0. The maximum Gasteiger partial charge on any atom is 0.306 e. The number of nitrogens with zero attached hydrogens (tertiary/aromatic N) is 1. The minimum Gasteiger partial charge on any atom is -0.481 e. The van der Waals surface area contributed by atoms with Crippen LogP contribution in [0.3, 0.4) is 0 Å². The summed E-state index contributed by atoms with van der Waals surface area (Å²) in [6.45, 7) is 0.892. The van der Waals surface area contributed by atoms with Crippen molar-refractivity contribution in [2.45, 2.75) is 32.4 Å². The van der Waals surface area contributed by atoms with Crippen LogP contribution in [0.1, 0.15) is 30.6 Å². The number of carbonyl (C=O) groups is 2. The van der Waals surface area contributed by atoms with E-state index in [1.54, 1.807) is 17.2 Å². The van der Waals surface area contributed by atoms with E-state index < -0.39 is 11.9 Å². The van der Waals surface area contributed by atoms with Crippen LogP contribution in [0.15, 0.2) is 53.1 Å². The summed E-state index contributed by atoms with van der Waals surface area (Å²) in [6, 6.07) is 13.4. The molecule has 5 heteroatoms. The van der Waals surface area contributed by atoms with Crippen LogP contribution in [0, 0.1) is 11.8 Å². The molecule has 1 aromatic carbocycles. The quantitative estimate of drug-likeness (QED) is 0.883. The summed E-state index contributed by atoms with van der Waals surface area (Å²) in [4.78, 5) is 25.8. The smallest absolute Gasteiger partial charge is 0.306 e. The fourth-order valence-electron chi connectivity index (χ4n) is 3.29. The van der Waals surface area contributed by atoms with Gasteiger partial charge in [0.15, 0.2) is 0 Å². The molecule has 3 rings (SSSR count). The molecule has 2 atom stereocenters. The van der Waals surface area contributed by atoms with Crippen molar-refractivity contribution in [2.75, 3.05) is 0 Å². The molecule has 0 radical (unpaired) electrons. The standard InChI is InChI=1S/C19H21NO4/c21-18(15-8-9-16(11-15)19(22)23)20(13-17-7-4-10-24-17)12-14-5-2-1-3-6-14/h1-7,10,15-16H,8-9,11-13H2,(H,22,23)/t15-,16+/m0/s1. The Morgan fingerprint density at radius 3 is 2.42 bits per heavy atom. The van der Waals surface area contributed by atoms with Gasteiger partial charge >= 0.3 is 5.97 Å². The fraction of sp³-hybridized carbons (Fsp3) is 0.368. The first kappa shape index (κ1) is 16.3. The minimum atomic E-state index is -0.800. The van der Waals surface area contributed by atoms with Gasteiger partial charge in [0.25, 0.3) is 0 Å². The van der Waals surface area contributed by atoms with Crippen molar-refractivity contribution in [2.24, 2.45) is 11.8 Å². The van der Waals surface area contributed by atoms with Crippen LogP contribution in [-0.2, 0) is 22.7 Å². The van der Waals surface area contributed by atoms with E-state index in [2.05, 4.69) is 0 Å². The van der Waals surface area contributed by atoms with Gasteiger partial charge in [-0.05, 0) is 37.0 Å². The van der Waals surface area contributed by atoms with E-state index in [1.807, 2.05) is 36.4 Å². The highest BCUT2D eigenvalue weighted by Crippen LogP contribution is 2.33. The minimum absolute atomic E-state index is 0.0130. The molecular weight excluding hydrogens is 306 g/mol. The third-order valence-electron chi connectivity index (χ3n) is 4.59. The molecule has 2 aromatic rings. The Balaban J connectivity index is 1.73. The predicted molar refractivity (Wildman–Crippen MR) is 87.9 cm³/mol.